The average molecular weight is 314 g/mol. The topological polar surface area (TPSA) is 23.6 Å². The summed E-state index contributed by atoms with van der Waals surface area (Å²) in [7, 11) is 0. The Hall–Kier alpha value is -1.35. The highest BCUT2D eigenvalue weighted by atomic mass is 16.2. The van der Waals surface area contributed by atoms with E-state index < -0.39 is 0 Å². The Morgan fingerprint density at radius 3 is 2.61 bits per heavy atom. The smallest absolute Gasteiger partial charge is 0.226 e. The summed E-state index contributed by atoms with van der Waals surface area (Å²) in [4.78, 5) is 17.5. The monoisotopic (exact) mass is 314 g/mol. The first-order valence-electron chi connectivity index (χ1n) is 9.29. The Balaban J connectivity index is 1.57. The standard InChI is InChI=1S/C20H30N2O/c1-17-8-6-9-18(14-17)15-21-11-7-10-19(16-21)20(23)22-12-4-2-3-5-13-22/h6,8-9,14,19H,2-5,7,10-13,15-16H2,1H3/t19-/m1/s1. The second-order valence-electron chi connectivity index (χ2n) is 7.30. The Morgan fingerprint density at radius 2 is 1.87 bits per heavy atom. The molecule has 2 aliphatic rings. The summed E-state index contributed by atoms with van der Waals surface area (Å²) in [6.45, 7) is 7.14. The first-order valence-corrected chi connectivity index (χ1v) is 9.29. The molecule has 2 fully saturated rings. The van der Waals surface area contributed by atoms with Gasteiger partial charge in [0, 0.05) is 26.2 Å². The van der Waals surface area contributed by atoms with Gasteiger partial charge in [-0.1, -0.05) is 42.7 Å². The number of amides is 1. The van der Waals surface area contributed by atoms with Gasteiger partial charge in [-0.3, -0.25) is 9.69 Å². The van der Waals surface area contributed by atoms with E-state index in [9.17, 15) is 4.79 Å². The predicted octanol–water partition coefficient (Wildman–Crippen LogP) is 3.61. The number of nitrogens with zero attached hydrogens (tertiary/aromatic N) is 2. The lowest BCUT2D eigenvalue weighted by atomic mass is 9.95. The number of carbonyl (C=O) groups excluding carboxylic acids is 1. The summed E-state index contributed by atoms with van der Waals surface area (Å²) in [5, 5.41) is 0. The summed E-state index contributed by atoms with van der Waals surface area (Å²) in [6, 6.07) is 8.74. The maximum atomic E-state index is 12.9. The van der Waals surface area contributed by atoms with Gasteiger partial charge in [0.25, 0.3) is 0 Å². The molecular weight excluding hydrogens is 284 g/mol. The molecular formula is C20H30N2O. The highest BCUT2D eigenvalue weighted by Gasteiger charge is 2.29. The molecule has 0 spiro atoms. The number of likely N-dealkylation sites (tertiary alicyclic amines) is 2. The second kappa shape index (κ2) is 7.96. The molecule has 3 nitrogen and oxygen atoms in total. The Kier molecular flexibility index (Phi) is 5.71. The molecule has 1 amide bonds. The second-order valence-corrected chi connectivity index (χ2v) is 7.30. The molecule has 3 heteroatoms. The highest BCUT2D eigenvalue weighted by Crippen LogP contribution is 2.22. The van der Waals surface area contributed by atoms with Crippen LogP contribution in [0.5, 0.6) is 0 Å². The van der Waals surface area contributed by atoms with Gasteiger partial charge in [0.15, 0.2) is 0 Å². The summed E-state index contributed by atoms with van der Waals surface area (Å²) in [6.07, 6.45) is 7.16. The van der Waals surface area contributed by atoms with E-state index in [0.717, 1.165) is 45.6 Å². The fourth-order valence-electron chi connectivity index (χ4n) is 4.02. The van der Waals surface area contributed by atoms with Crippen LogP contribution in [-0.2, 0) is 11.3 Å². The first-order chi connectivity index (χ1) is 11.2. The fourth-order valence-corrected chi connectivity index (χ4v) is 4.02. The summed E-state index contributed by atoms with van der Waals surface area (Å²) in [5.74, 6) is 0.632. The third-order valence-electron chi connectivity index (χ3n) is 5.26. The third kappa shape index (κ3) is 4.57. The quantitative estimate of drug-likeness (QED) is 0.851. The van der Waals surface area contributed by atoms with Crippen LogP contribution in [0.4, 0.5) is 0 Å². The van der Waals surface area contributed by atoms with Crippen LogP contribution in [0.3, 0.4) is 0 Å². The zero-order valence-corrected chi connectivity index (χ0v) is 14.5. The number of aryl methyl sites for hydroxylation is 1. The zero-order chi connectivity index (χ0) is 16.1. The number of rotatable bonds is 3. The normalized spacial score (nSPS) is 23.5. The van der Waals surface area contributed by atoms with Crippen molar-refractivity contribution in [3.63, 3.8) is 0 Å². The van der Waals surface area contributed by atoms with Crippen molar-refractivity contribution in [2.45, 2.75) is 52.0 Å². The van der Waals surface area contributed by atoms with Crippen molar-refractivity contribution in [3.05, 3.63) is 35.4 Å². The van der Waals surface area contributed by atoms with Gasteiger partial charge < -0.3 is 4.90 Å². The van der Waals surface area contributed by atoms with Crippen LogP contribution in [-0.4, -0.2) is 41.9 Å². The lowest BCUT2D eigenvalue weighted by molar-refractivity contribution is -0.137. The molecule has 23 heavy (non-hydrogen) atoms. The van der Waals surface area contributed by atoms with Crippen LogP contribution in [0.2, 0.25) is 0 Å². The third-order valence-corrected chi connectivity index (χ3v) is 5.26. The summed E-state index contributed by atoms with van der Waals surface area (Å²) < 4.78 is 0. The maximum absolute atomic E-state index is 12.9. The van der Waals surface area contributed by atoms with Gasteiger partial charge in [-0.25, -0.2) is 0 Å². The van der Waals surface area contributed by atoms with Crippen LogP contribution in [0, 0.1) is 12.8 Å². The zero-order valence-electron chi connectivity index (χ0n) is 14.5. The van der Waals surface area contributed by atoms with Crippen LogP contribution < -0.4 is 0 Å². The largest absolute Gasteiger partial charge is 0.342 e. The van der Waals surface area contributed by atoms with Crippen LogP contribution in [0.15, 0.2) is 24.3 Å². The molecule has 0 saturated carbocycles. The summed E-state index contributed by atoms with van der Waals surface area (Å²) >= 11 is 0. The fraction of sp³-hybridized carbons (Fsp3) is 0.650. The molecule has 2 heterocycles. The molecule has 3 rings (SSSR count). The average Bonchev–Trinajstić information content (AvgIpc) is 2.84. The van der Waals surface area contributed by atoms with E-state index >= 15 is 0 Å². The molecule has 0 bridgehead atoms. The molecule has 126 valence electrons. The summed E-state index contributed by atoms with van der Waals surface area (Å²) in [5.41, 5.74) is 2.68. The minimum absolute atomic E-state index is 0.214. The minimum Gasteiger partial charge on any atom is -0.342 e. The molecule has 0 N–H and O–H groups in total. The lowest BCUT2D eigenvalue weighted by Crippen LogP contribution is -2.44. The number of hydrogen-bond donors (Lipinski definition) is 0. The van der Waals surface area contributed by atoms with E-state index in [0.29, 0.717) is 5.91 Å². The van der Waals surface area contributed by atoms with E-state index in [-0.39, 0.29) is 5.92 Å². The number of piperidine rings is 1. The molecule has 0 aromatic heterocycles. The Labute approximate surface area is 140 Å². The number of benzene rings is 1. The highest BCUT2D eigenvalue weighted by molar-refractivity contribution is 5.79. The van der Waals surface area contributed by atoms with E-state index in [2.05, 4.69) is 41.0 Å². The molecule has 2 saturated heterocycles. The van der Waals surface area contributed by atoms with E-state index in [1.165, 1.54) is 36.8 Å². The van der Waals surface area contributed by atoms with Gasteiger partial charge in [0.2, 0.25) is 5.91 Å². The van der Waals surface area contributed by atoms with E-state index in [1.807, 2.05) is 0 Å². The van der Waals surface area contributed by atoms with Gasteiger partial charge >= 0.3 is 0 Å². The maximum Gasteiger partial charge on any atom is 0.226 e. The van der Waals surface area contributed by atoms with E-state index in [1.54, 1.807) is 0 Å². The van der Waals surface area contributed by atoms with Gasteiger partial charge in [-0.05, 0) is 44.7 Å². The first kappa shape index (κ1) is 16.5. The molecule has 1 atom stereocenters. The van der Waals surface area contributed by atoms with E-state index in [4.69, 9.17) is 0 Å². The van der Waals surface area contributed by atoms with Crippen molar-refractivity contribution in [2.75, 3.05) is 26.2 Å². The minimum atomic E-state index is 0.214. The van der Waals surface area contributed by atoms with Crippen molar-refractivity contribution in [1.29, 1.82) is 0 Å². The number of hydrogen-bond acceptors (Lipinski definition) is 2. The lowest BCUT2D eigenvalue weighted by Gasteiger charge is -2.34. The van der Waals surface area contributed by atoms with Crippen LogP contribution in [0.1, 0.15) is 49.7 Å². The molecule has 1 aromatic rings. The predicted molar refractivity (Wildman–Crippen MR) is 94.2 cm³/mol. The van der Waals surface area contributed by atoms with Gasteiger partial charge in [-0.15, -0.1) is 0 Å². The van der Waals surface area contributed by atoms with Gasteiger partial charge in [0.05, 0.1) is 5.92 Å². The molecule has 0 aliphatic carbocycles. The SMILES string of the molecule is Cc1cccc(CN2CCC[C@@H](C(=O)N3CCCCCC3)C2)c1. The molecule has 2 aliphatic heterocycles. The van der Waals surface area contributed by atoms with Crippen LogP contribution >= 0.6 is 0 Å². The number of carbonyl (C=O) groups is 1. The molecule has 1 aromatic carbocycles. The van der Waals surface area contributed by atoms with Crippen molar-refractivity contribution in [2.24, 2.45) is 5.92 Å². The van der Waals surface area contributed by atoms with Crippen molar-refractivity contribution in [3.8, 4) is 0 Å². The Bertz CT molecular complexity index is 520. The molecule has 0 radical (unpaired) electrons. The Morgan fingerprint density at radius 1 is 1.09 bits per heavy atom. The van der Waals surface area contributed by atoms with Crippen molar-refractivity contribution < 1.29 is 4.79 Å². The van der Waals surface area contributed by atoms with Crippen LogP contribution in [0.25, 0.3) is 0 Å². The van der Waals surface area contributed by atoms with Gasteiger partial charge in [-0.2, -0.15) is 0 Å². The molecule has 0 unspecified atom stereocenters. The van der Waals surface area contributed by atoms with Crippen molar-refractivity contribution >= 4 is 5.91 Å². The van der Waals surface area contributed by atoms with Gasteiger partial charge in [0.1, 0.15) is 0 Å². The van der Waals surface area contributed by atoms with Crippen molar-refractivity contribution in [1.82, 2.24) is 9.80 Å².